The van der Waals surface area contributed by atoms with Gasteiger partial charge in [0.2, 0.25) is 0 Å². The van der Waals surface area contributed by atoms with E-state index in [-0.39, 0.29) is 11.4 Å². The Labute approximate surface area is 110 Å². The van der Waals surface area contributed by atoms with Crippen molar-refractivity contribution in [1.82, 2.24) is 4.98 Å². The molecule has 0 fully saturated rings. The number of phenolic OH excluding ortho intramolecular Hbond substituents is 1. The van der Waals surface area contributed by atoms with Crippen LogP contribution in [-0.4, -0.2) is 28.2 Å². The highest BCUT2D eigenvalue weighted by atomic mass is 16.4. The van der Waals surface area contributed by atoms with Gasteiger partial charge in [-0.05, 0) is 36.4 Å². The number of aromatic nitrogens is 1. The van der Waals surface area contributed by atoms with Crippen LogP contribution in [-0.2, 0) is 6.54 Å². The number of carboxylic acids is 1. The molecule has 0 atom stereocenters. The third-order valence-electron chi connectivity index (χ3n) is 2.72. The predicted octanol–water partition coefficient (Wildman–Crippen LogP) is 2.12. The number of carbonyl (C=O) groups is 1. The SMILES string of the molecule is CN(Cc1cccc(C(=O)O)n1)c1ccc(O)cc1. The van der Waals surface area contributed by atoms with E-state index in [0.29, 0.717) is 12.2 Å². The van der Waals surface area contributed by atoms with E-state index in [1.165, 1.54) is 6.07 Å². The predicted molar refractivity (Wildman–Crippen MR) is 71.4 cm³/mol. The molecule has 98 valence electrons. The fourth-order valence-corrected chi connectivity index (χ4v) is 1.73. The minimum atomic E-state index is -1.03. The summed E-state index contributed by atoms with van der Waals surface area (Å²) in [6, 6.07) is 11.7. The van der Waals surface area contributed by atoms with Gasteiger partial charge in [0.15, 0.2) is 0 Å². The minimum absolute atomic E-state index is 0.0385. The Morgan fingerprint density at radius 1 is 1.21 bits per heavy atom. The number of benzene rings is 1. The highest BCUT2D eigenvalue weighted by Gasteiger charge is 2.07. The van der Waals surface area contributed by atoms with Crippen molar-refractivity contribution in [2.75, 3.05) is 11.9 Å². The summed E-state index contributed by atoms with van der Waals surface area (Å²) >= 11 is 0. The topological polar surface area (TPSA) is 73.7 Å². The van der Waals surface area contributed by atoms with Crippen LogP contribution in [0.4, 0.5) is 5.69 Å². The lowest BCUT2D eigenvalue weighted by molar-refractivity contribution is 0.0690. The average Bonchev–Trinajstić information content (AvgIpc) is 2.39. The van der Waals surface area contributed by atoms with E-state index in [1.807, 2.05) is 11.9 Å². The van der Waals surface area contributed by atoms with Gasteiger partial charge in [0.25, 0.3) is 0 Å². The number of carboxylic acid groups (broad SMARTS) is 1. The number of anilines is 1. The summed E-state index contributed by atoms with van der Waals surface area (Å²) < 4.78 is 0. The van der Waals surface area contributed by atoms with Crippen molar-refractivity contribution in [2.45, 2.75) is 6.54 Å². The van der Waals surface area contributed by atoms with E-state index in [9.17, 15) is 9.90 Å². The van der Waals surface area contributed by atoms with E-state index in [0.717, 1.165) is 5.69 Å². The van der Waals surface area contributed by atoms with Crippen molar-refractivity contribution < 1.29 is 15.0 Å². The Bertz CT molecular complexity index is 581. The molecule has 1 heterocycles. The third kappa shape index (κ3) is 3.22. The Balaban J connectivity index is 2.14. The molecule has 0 aliphatic carbocycles. The second-order valence-electron chi connectivity index (χ2n) is 4.19. The molecule has 1 aromatic heterocycles. The molecule has 0 aliphatic rings. The molecular formula is C14H14N2O3. The van der Waals surface area contributed by atoms with Crippen LogP contribution in [0, 0.1) is 0 Å². The summed E-state index contributed by atoms with van der Waals surface area (Å²) in [4.78, 5) is 16.8. The monoisotopic (exact) mass is 258 g/mol. The van der Waals surface area contributed by atoms with Gasteiger partial charge in [0.1, 0.15) is 11.4 Å². The van der Waals surface area contributed by atoms with Gasteiger partial charge in [-0.15, -0.1) is 0 Å². The number of aromatic carboxylic acids is 1. The van der Waals surface area contributed by atoms with Crippen LogP contribution in [0.5, 0.6) is 5.75 Å². The van der Waals surface area contributed by atoms with Crippen LogP contribution in [0.15, 0.2) is 42.5 Å². The van der Waals surface area contributed by atoms with Crippen LogP contribution in [0.3, 0.4) is 0 Å². The molecule has 1 aromatic carbocycles. The molecule has 2 rings (SSSR count). The first-order valence-electron chi connectivity index (χ1n) is 5.75. The fourth-order valence-electron chi connectivity index (χ4n) is 1.73. The van der Waals surface area contributed by atoms with Crippen LogP contribution >= 0.6 is 0 Å². The standard InChI is InChI=1S/C14H14N2O3/c1-16(11-5-7-12(17)8-6-11)9-10-3-2-4-13(15-10)14(18)19/h2-8,17H,9H2,1H3,(H,18,19). The summed E-state index contributed by atoms with van der Waals surface area (Å²) in [5.74, 6) is -0.822. The van der Waals surface area contributed by atoms with Crippen molar-refractivity contribution >= 4 is 11.7 Å². The number of aromatic hydroxyl groups is 1. The summed E-state index contributed by atoms with van der Waals surface area (Å²) in [6.45, 7) is 0.492. The van der Waals surface area contributed by atoms with E-state index in [4.69, 9.17) is 5.11 Å². The first-order valence-corrected chi connectivity index (χ1v) is 5.75. The first kappa shape index (κ1) is 12.9. The van der Waals surface area contributed by atoms with Crippen LogP contribution in [0.25, 0.3) is 0 Å². The number of rotatable bonds is 4. The Kier molecular flexibility index (Phi) is 3.66. The molecule has 0 radical (unpaired) electrons. The second kappa shape index (κ2) is 5.39. The van der Waals surface area contributed by atoms with Crippen LogP contribution < -0.4 is 4.90 Å². The Hall–Kier alpha value is -2.56. The van der Waals surface area contributed by atoms with Crippen LogP contribution in [0.1, 0.15) is 16.2 Å². The molecule has 0 saturated heterocycles. The maximum atomic E-state index is 10.8. The van der Waals surface area contributed by atoms with Gasteiger partial charge in [-0.2, -0.15) is 0 Å². The van der Waals surface area contributed by atoms with Gasteiger partial charge in [-0.1, -0.05) is 6.07 Å². The van der Waals surface area contributed by atoms with Crippen LogP contribution in [0.2, 0.25) is 0 Å². The van der Waals surface area contributed by atoms with Crippen molar-refractivity contribution in [3.63, 3.8) is 0 Å². The van der Waals surface area contributed by atoms with Gasteiger partial charge in [0, 0.05) is 12.7 Å². The van der Waals surface area contributed by atoms with Crippen molar-refractivity contribution in [1.29, 1.82) is 0 Å². The number of hydrogen-bond donors (Lipinski definition) is 2. The van der Waals surface area contributed by atoms with Gasteiger partial charge >= 0.3 is 5.97 Å². The fraction of sp³-hybridized carbons (Fsp3) is 0.143. The molecule has 0 bridgehead atoms. The smallest absolute Gasteiger partial charge is 0.354 e. The highest BCUT2D eigenvalue weighted by molar-refractivity contribution is 5.85. The van der Waals surface area contributed by atoms with Gasteiger partial charge in [-0.25, -0.2) is 9.78 Å². The molecule has 0 saturated carbocycles. The minimum Gasteiger partial charge on any atom is -0.508 e. The van der Waals surface area contributed by atoms with Gasteiger partial charge in [-0.3, -0.25) is 0 Å². The summed E-state index contributed by atoms with van der Waals surface area (Å²) in [6.07, 6.45) is 0. The number of phenols is 1. The molecule has 0 aliphatic heterocycles. The average molecular weight is 258 g/mol. The summed E-state index contributed by atoms with van der Waals surface area (Å²) in [5, 5.41) is 18.1. The molecule has 5 nitrogen and oxygen atoms in total. The Morgan fingerprint density at radius 2 is 1.89 bits per heavy atom. The number of nitrogens with zero attached hydrogens (tertiary/aromatic N) is 2. The third-order valence-corrected chi connectivity index (χ3v) is 2.72. The zero-order chi connectivity index (χ0) is 13.8. The zero-order valence-corrected chi connectivity index (χ0v) is 10.4. The molecule has 19 heavy (non-hydrogen) atoms. The van der Waals surface area contributed by atoms with Crippen molar-refractivity contribution in [3.05, 3.63) is 53.9 Å². The zero-order valence-electron chi connectivity index (χ0n) is 10.4. The molecule has 5 heteroatoms. The lowest BCUT2D eigenvalue weighted by Gasteiger charge is -2.19. The lowest BCUT2D eigenvalue weighted by atomic mass is 10.2. The Morgan fingerprint density at radius 3 is 2.53 bits per heavy atom. The summed E-state index contributed by atoms with van der Waals surface area (Å²) in [7, 11) is 1.88. The largest absolute Gasteiger partial charge is 0.508 e. The van der Waals surface area contributed by atoms with Crippen molar-refractivity contribution in [2.24, 2.45) is 0 Å². The second-order valence-corrected chi connectivity index (χ2v) is 4.19. The molecule has 0 unspecified atom stereocenters. The normalized spacial score (nSPS) is 10.2. The van der Waals surface area contributed by atoms with Gasteiger partial charge in [0.05, 0.1) is 12.2 Å². The lowest BCUT2D eigenvalue weighted by Crippen LogP contribution is -2.17. The van der Waals surface area contributed by atoms with E-state index >= 15 is 0 Å². The quantitative estimate of drug-likeness (QED) is 0.878. The van der Waals surface area contributed by atoms with E-state index in [1.54, 1.807) is 36.4 Å². The maximum absolute atomic E-state index is 10.8. The first-order chi connectivity index (χ1) is 9.06. The summed E-state index contributed by atoms with van der Waals surface area (Å²) in [5.41, 5.74) is 1.63. The molecule has 0 amide bonds. The van der Waals surface area contributed by atoms with Crippen molar-refractivity contribution in [3.8, 4) is 5.75 Å². The number of pyridine rings is 1. The molecule has 2 N–H and O–H groups in total. The van der Waals surface area contributed by atoms with E-state index < -0.39 is 5.97 Å². The molecular weight excluding hydrogens is 244 g/mol. The van der Waals surface area contributed by atoms with E-state index in [2.05, 4.69) is 4.98 Å². The number of hydrogen-bond acceptors (Lipinski definition) is 4. The van der Waals surface area contributed by atoms with Gasteiger partial charge < -0.3 is 15.1 Å². The highest BCUT2D eigenvalue weighted by Crippen LogP contribution is 2.18. The molecule has 2 aromatic rings. The maximum Gasteiger partial charge on any atom is 0.354 e. The molecule has 0 spiro atoms.